The predicted molar refractivity (Wildman–Crippen MR) is 115 cm³/mol. The van der Waals surface area contributed by atoms with Crippen LogP contribution in [-0.2, 0) is 11.3 Å². The van der Waals surface area contributed by atoms with E-state index in [1.54, 1.807) is 31.2 Å². The lowest BCUT2D eigenvalue weighted by Crippen LogP contribution is -2.34. The number of nitrogens with one attached hydrogen (secondary N) is 3. The molecular formula is C22H26ClN3O3. The van der Waals surface area contributed by atoms with E-state index in [0.29, 0.717) is 22.9 Å². The van der Waals surface area contributed by atoms with Gasteiger partial charge < -0.3 is 20.7 Å². The van der Waals surface area contributed by atoms with Crippen molar-refractivity contribution in [2.45, 2.75) is 38.8 Å². The summed E-state index contributed by atoms with van der Waals surface area (Å²) in [7, 11) is 0. The molecule has 0 saturated carbocycles. The Morgan fingerprint density at radius 3 is 2.66 bits per heavy atom. The van der Waals surface area contributed by atoms with Gasteiger partial charge in [-0.3, -0.25) is 9.59 Å². The number of ether oxygens (including phenoxy) is 1. The van der Waals surface area contributed by atoms with Gasteiger partial charge in [0.05, 0.1) is 5.69 Å². The van der Waals surface area contributed by atoms with Crippen molar-refractivity contribution >= 4 is 29.1 Å². The standard InChI is InChI=1S/C22H26ClN3O3/c1-15-21(27)26-19-13-16(5-10-20(19)29-15)14-24-11-3-2-4-12-25-22(28)17-6-8-18(23)9-7-17/h5-10,13,15,24H,2-4,11-12,14H2,1H3,(H,25,28)(H,26,27). The van der Waals surface area contributed by atoms with E-state index in [1.165, 1.54) is 0 Å². The highest BCUT2D eigenvalue weighted by Gasteiger charge is 2.23. The maximum absolute atomic E-state index is 12.0. The lowest BCUT2D eigenvalue weighted by atomic mass is 10.1. The number of carbonyl (C=O) groups is 2. The van der Waals surface area contributed by atoms with Gasteiger partial charge in [-0.1, -0.05) is 24.1 Å². The Kier molecular flexibility index (Phi) is 7.49. The quantitative estimate of drug-likeness (QED) is 0.545. The Morgan fingerprint density at radius 1 is 1.10 bits per heavy atom. The molecule has 1 aliphatic heterocycles. The van der Waals surface area contributed by atoms with Crippen LogP contribution in [0.15, 0.2) is 42.5 Å². The fraction of sp³-hybridized carbons (Fsp3) is 0.364. The molecule has 3 N–H and O–H groups in total. The largest absolute Gasteiger partial charge is 0.479 e. The lowest BCUT2D eigenvalue weighted by Gasteiger charge is -2.23. The van der Waals surface area contributed by atoms with E-state index in [-0.39, 0.29) is 11.8 Å². The molecule has 0 radical (unpaired) electrons. The Hall–Kier alpha value is -2.57. The number of fused-ring (bicyclic) bond motifs is 1. The zero-order chi connectivity index (χ0) is 20.6. The summed E-state index contributed by atoms with van der Waals surface area (Å²) in [6.45, 7) is 4.01. The molecule has 7 heteroatoms. The van der Waals surface area contributed by atoms with Crippen molar-refractivity contribution in [3.05, 3.63) is 58.6 Å². The van der Waals surface area contributed by atoms with Crippen LogP contribution in [0.5, 0.6) is 5.75 Å². The van der Waals surface area contributed by atoms with E-state index >= 15 is 0 Å². The van der Waals surface area contributed by atoms with Crippen molar-refractivity contribution in [1.82, 2.24) is 10.6 Å². The third kappa shape index (κ3) is 6.21. The molecule has 1 heterocycles. The first-order valence-corrected chi connectivity index (χ1v) is 10.3. The third-order valence-corrected chi connectivity index (χ3v) is 4.98. The second-order valence-electron chi connectivity index (χ2n) is 7.08. The molecule has 1 atom stereocenters. The van der Waals surface area contributed by atoms with Crippen molar-refractivity contribution in [2.75, 3.05) is 18.4 Å². The highest BCUT2D eigenvalue weighted by Crippen LogP contribution is 2.30. The Balaban J connectivity index is 1.28. The Morgan fingerprint density at radius 2 is 1.86 bits per heavy atom. The molecule has 2 amide bonds. The van der Waals surface area contributed by atoms with Gasteiger partial charge >= 0.3 is 0 Å². The van der Waals surface area contributed by atoms with Crippen LogP contribution in [0.2, 0.25) is 5.02 Å². The number of hydrogen-bond acceptors (Lipinski definition) is 4. The van der Waals surface area contributed by atoms with Crippen molar-refractivity contribution in [2.24, 2.45) is 0 Å². The van der Waals surface area contributed by atoms with Gasteiger partial charge in [-0.2, -0.15) is 0 Å². The summed E-state index contributed by atoms with van der Waals surface area (Å²) in [6, 6.07) is 12.7. The molecule has 0 saturated heterocycles. The summed E-state index contributed by atoms with van der Waals surface area (Å²) < 4.78 is 5.56. The van der Waals surface area contributed by atoms with Gasteiger partial charge in [0.25, 0.3) is 11.8 Å². The second-order valence-corrected chi connectivity index (χ2v) is 7.52. The maximum Gasteiger partial charge on any atom is 0.265 e. The summed E-state index contributed by atoms with van der Waals surface area (Å²) in [5.74, 6) is 0.518. The SMILES string of the molecule is CC1Oc2ccc(CNCCCCCNC(=O)c3ccc(Cl)cc3)cc2NC1=O. The summed E-state index contributed by atoms with van der Waals surface area (Å²) in [5, 5.41) is 9.82. The topological polar surface area (TPSA) is 79.5 Å². The molecule has 1 aliphatic rings. The molecule has 29 heavy (non-hydrogen) atoms. The minimum atomic E-state index is -0.456. The number of carbonyl (C=O) groups excluding carboxylic acids is 2. The molecule has 0 fully saturated rings. The Labute approximate surface area is 176 Å². The summed E-state index contributed by atoms with van der Waals surface area (Å²) >= 11 is 5.83. The molecule has 2 aromatic rings. The maximum atomic E-state index is 12.0. The summed E-state index contributed by atoms with van der Waals surface area (Å²) in [4.78, 5) is 23.7. The van der Waals surface area contributed by atoms with E-state index in [2.05, 4.69) is 16.0 Å². The van der Waals surface area contributed by atoms with Gasteiger partial charge in [0.2, 0.25) is 0 Å². The summed E-state index contributed by atoms with van der Waals surface area (Å²) in [5.41, 5.74) is 2.44. The summed E-state index contributed by atoms with van der Waals surface area (Å²) in [6.07, 6.45) is 2.53. The van der Waals surface area contributed by atoms with Crippen molar-refractivity contribution in [1.29, 1.82) is 0 Å². The number of benzene rings is 2. The first-order valence-electron chi connectivity index (χ1n) is 9.88. The van der Waals surface area contributed by atoms with Crippen LogP contribution in [0.25, 0.3) is 0 Å². The third-order valence-electron chi connectivity index (χ3n) is 4.73. The Bertz CT molecular complexity index is 855. The van der Waals surface area contributed by atoms with Crippen LogP contribution < -0.4 is 20.7 Å². The van der Waals surface area contributed by atoms with Crippen LogP contribution in [0.4, 0.5) is 5.69 Å². The van der Waals surface area contributed by atoms with E-state index in [1.807, 2.05) is 18.2 Å². The molecule has 1 unspecified atom stereocenters. The number of amides is 2. The molecular weight excluding hydrogens is 390 g/mol. The average molecular weight is 416 g/mol. The normalized spacial score (nSPS) is 15.2. The molecule has 2 aromatic carbocycles. The number of halogens is 1. The fourth-order valence-electron chi connectivity index (χ4n) is 3.06. The van der Waals surface area contributed by atoms with Crippen molar-refractivity contribution < 1.29 is 14.3 Å². The van der Waals surface area contributed by atoms with Gasteiger partial charge in [-0.15, -0.1) is 0 Å². The zero-order valence-electron chi connectivity index (χ0n) is 16.5. The molecule has 6 nitrogen and oxygen atoms in total. The predicted octanol–water partition coefficient (Wildman–Crippen LogP) is 3.75. The highest BCUT2D eigenvalue weighted by molar-refractivity contribution is 6.30. The van der Waals surface area contributed by atoms with Crippen LogP contribution in [-0.4, -0.2) is 31.0 Å². The van der Waals surface area contributed by atoms with E-state index < -0.39 is 6.10 Å². The monoisotopic (exact) mass is 415 g/mol. The van der Waals surface area contributed by atoms with Gasteiger partial charge in [0.15, 0.2) is 6.10 Å². The van der Waals surface area contributed by atoms with Crippen LogP contribution in [0.3, 0.4) is 0 Å². The van der Waals surface area contributed by atoms with Gasteiger partial charge in [-0.25, -0.2) is 0 Å². The number of unbranched alkanes of at least 4 members (excludes halogenated alkanes) is 2. The fourth-order valence-corrected chi connectivity index (χ4v) is 3.18. The minimum absolute atomic E-state index is 0.0716. The molecule has 0 bridgehead atoms. The van der Waals surface area contributed by atoms with Crippen LogP contribution in [0, 0.1) is 0 Å². The zero-order valence-corrected chi connectivity index (χ0v) is 17.2. The van der Waals surface area contributed by atoms with Crippen LogP contribution >= 0.6 is 11.6 Å². The number of rotatable bonds is 9. The number of anilines is 1. The highest BCUT2D eigenvalue weighted by atomic mass is 35.5. The lowest BCUT2D eigenvalue weighted by molar-refractivity contribution is -0.122. The molecule has 0 spiro atoms. The molecule has 0 aliphatic carbocycles. The van der Waals surface area contributed by atoms with Gasteiger partial charge in [-0.05, 0) is 68.3 Å². The van der Waals surface area contributed by atoms with Gasteiger partial charge in [0.1, 0.15) is 5.75 Å². The van der Waals surface area contributed by atoms with Crippen molar-refractivity contribution in [3.8, 4) is 5.75 Å². The van der Waals surface area contributed by atoms with Crippen LogP contribution in [0.1, 0.15) is 42.1 Å². The molecule has 0 aromatic heterocycles. The van der Waals surface area contributed by atoms with Gasteiger partial charge in [0, 0.05) is 23.7 Å². The minimum Gasteiger partial charge on any atom is -0.479 e. The molecule has 154 valence electrons. The second kappa shape index (κ2) is 10.3. The average Bonchev–Trinajstić information content (AvgIpc) is 2.71. The first-order chi connectivity index (χ1) is 14.0. The van der Waals surface area contributed by atoms with E-state index in [4.69, 9.17) is 16.3 Å². The van der Waals surface area contributed by atoms with E-state index in [0.717, 1.165) is 43.6 Å². The smallest absolute Gasteiger partial charge is 0.265 e. The molecule has 3 rings (SSSR count). The van der Waals surface area contributed by atoms with E-state index in [9.17, 15) is 9.59 Å². The first kappa shape index (κ1) is 21.1. The number of hydrogen-bond donors (Lipinski definition) is 3. The van der Waals surface area contributed by atoms with Crippen molar-refractivity contribution in [3.63, 3.8) is 0 Å².